The molecular weight excluding hydrogens is 448 g/mol. The summed E-state index contributed by atoms with van der Waals surface area (Å²) >= 11 is 0. The number of rotatable bonds is 13. The van der Waals surface area contributed by atoms with Crippen molar-refractivity contribution in [3.05, 3.63) is 95.6 Å². The molecule has 1 fully saturated rings. The highest BCUT2D eigenvalue weighted by atomic mass is 14.9. The Bertz CT molecular complexity index is 965. The summed E-state index contributed by atoms with van der Waals surface area (Å²) in [4.78, 5) is 10.0. The van der Waals surface area contributed by atoms with E-state index in [0.29, 0.717) is 5.92 Å². The molecule has 2 heteroatoms. The summed E-state index contributed by atoms with van der Waals surface area (Å²) in [6.45, 7) is 6.93. The average molecular weight is 497 g/mol. The first-order valence-corrected chi connectivity index (χ1v) is 15.0. The van der Waals surface area contributed by atoms with Gasteiger partial charge in [-0.2, -0.15) is 0 Å². The molecule has 1 aliphatic rings. The van der Waals surface area contributed by atoms with Gasteiger partial charge in [0, 0.05) is 24.2 Å². The van der Waals surface area contributed by atoms with Crippen molar-refractivity contribution in [3.63, 3.8) is 0 Å². The molecule has 1 unspecified atom stereocenters. The van der Waals surface area contributed by atoms with Crippen molar-refractivity contribution in [2.24, 2.45) is 17.8 Å². The van der Waals surface area contributed by atoms with E-state index in [0.717, 1.165) is 30.5 Å². The van der Waals surface area contributed by atoms with Crippen molar-refractivity contribution in [1.29, 1.82) is 0 Å². The Balaban J connectivity index is 1.42. The van der Waals surface area contributed by atoms with Crippen LogP contribution in [-0.4, -0.2) is 9.97 Å². The molecule has 1 aromatic heterocycles. The lowest BCUT2D eigenvalue weighted by molar-refractivity contribution is 0.249. The molecule has 198 valence electrons. The maximum absolute atomic E-state index is 5.01. The first-order chi connectivity index (χ1) is 18.1. The van der Waals surface area contributed by atoms with Crippen LogP contribution >= 0.6 is 0 Å². The minimum absolute atomic E-state index is 0.252. The van der Waals surface area contributed by atoms with E-state index >= 15 is 0 Å². The molecule has 0 radical (unpaired) electrons. The zero-order valence-electron chi connectivity index (χ0n) is 23.5. The van der Waals surface area contributed by atoms with Crippen LogP contribution in [0.4, 0.5) is 0 Å². The Labute approximate surface area is 226 Å². The van der Waals surface area contributed by atoms with Crippen molar-refractivity contribution in [2.45, 2.75) is 103 Å². The highest BCUT2D eigenvalue weighted by Crippen LogP contribution is 2.41. The molecule has 1 aliphatic carbocycles. The molecule has 0 N–H and O–H groups in total. The summed E-state index contributed by atoms with van der Waals surface area (Å²) in [5.41, 5.74) is 3.99. The highest BCUT2D eigenvalue weighted by Gasteiger charge is 2.29. The molecule has 37 heavy (non-hydrogen) atoms. The lowest BCUT2D eigenvalue weighted by atomic mass is 9.76. The van der Waals surface area contributed by atoms with Gasteiger partial charge >= 0.3 is 0 Å². The predicted molar refractivity (Wildman–Crippen MR) is 157 cm³/mol. The highest BCUT2D eigenvalue weighted by molar-refractivity contribution is 5.36. The van der Waals surface area contributed by atoms with E-state index in [1.807, 2.05) is 0 Å². The number of aromatic nitrogens is 2. The van der Waals surface area contributed by atoms with Gasteiger partial charge < -0.3 is 0 Å². The largest absolute Gasteiger partial charge is 0.241 e. The van der Waals surface area contributed by atoms with Crippen LogP contribution in [0, 0.1) is 17.8 Å². The van der Waals surface area contributed by atoms with Crippen molar-refractivity contribution in [1.82, 2.24) is 9.97 Å². The number of hydrogen-bond acceptors (Lipinski definition) is 2. The quantitative estimate of drug-likeness (QED) is 0.220. The summed E-state index contributed by atoms with van der Waals surface area (Å²) in [6, 6.07) is 21.9. The molecular formula is C35H48N2. The maximum atomic E-state index is 5.01. The van der Waals surface area contributed by atoms with Crippen molar-refractivity contribution in [2.75, 3.05) is 0 Å². The average Bonchev–Trinajstić information content (AvgIpc) is 2.94. The van der Waals surface area contributed by atoms with Gasteiger partial charge in [0.15, 0.2) is 0 Å². The van der Waals surface area contributed by atoms with Crippen LogP contribution in [0.3, 0.4) is 0 Å². The maximum Gasteiger partial charge on any atom is 0.132 e. The molecule has 4 rings (SSSR count). The molecule has 0 amide bonds. The molecule has 1 atom stereocenters. The zero-order valence-corrected chi connectivity index (χ0v) is 23.5. The van der Waals surface area contributed by atoms with E-state index < -0.39 is 0 Å². The minimum atomic E-state index is 0.252. The number of hydrogen-bond donors (Lipinski definition) is 0. The van der Waals surface area contributed by atoms with Gasteiger partial charge in [-0.25, -0.2) is 9.97 Å². The molecule has 0 spiro atoms. The summed E-state index contributed by atoms with van der Waals surface area (Å²) in [5.74, 6) is 3.94. The molecule has 0 saturated heterocycles. The fourth-order valence-corrected chi connectivity index (χ4v) is 6.42. The topological polar surface area (TPSA) is 25.8 Å². The van der Waals surface area contributed by atoms with E-state index in [-0.39, 0.29) is 11.8 Å². The third-order valence-electron chi connectivity index (χ3n) is 8.53. The molecule has 3 aromatic rings. The van der Waals surface area contributed by atoms with E-state index in [9.17, 15) is 0 Å². The van der Waals surface area contributed by atoms with Gasteiger partial charge in [-0.05, 0) is 53.7 Å². The smallest absolute Gasteiger partial charge is 0.132 e. The zero-order chi connectivity index (χ0) is 25.9. The fourth-order valence-electron chi connectivity index (χ4n) is 6.42. The van der Waals surface area contributed by atoms with Gasteiger partial charge in [-0.3, -0.25) is 0 Å². The summed E-state index contributed by atoms with van der Waals surface area (Å²) in [6.07, 6.45) is 19.1. The second-order valence-corrected chi connectivity index (χ2v) is 11.9. The van der Waals surface area contributed by atoms with Gasteiger partial charge in [0.25, 0.3) is 0 Å². The van der Waals surface area contributed by atoms with E-state index in [4.69, 9.17) is 9.97 Å². The third-order valence-corrected chi connectivity index (χ3v) is 8.53. The van der Waals surface area contributed by atoms with Gasteiger partial charge in [0.2, 0.25) is 0 Å². The molecule has 2 nitrogen and oxygen atoms in total. The Morgan fingerprint density at radius 1 is 0.730 bits per heavy atom. The lowest BCUT2D eigenvalue weighted by Gasteiger charge is -2.29. The van der Waals surface area contributed by atoms with Crippen LogP contribution in [-0.2, 0) is 6.42 Å². The first-order valence-electron chi connectivity index (χ1n) is 15.0. The van der Waals surface area contributed by atoms with Crippen LogP contribution < -0.4 is 0 Å². The van der Waals surface area contributed by atoms with Crippen LogP contribution in [0.1, 0.15) is 119 Å². The molecule has 1 heterocycles. The first kappa shape index (κ1) is 27.6. The minimum Gasteiger partial charge on any atom is -0.241 e. The Kier molecular flexibility index (Phi) is 10.8. The van der Waals surface area contributed by atoms with Crippen LogP contribution in [0.5, 0.6) is 0 Å². The monoisotopic (exact) mass is 496 g/mol. The van der Waals surface area contributed by atoms with Crippen molar-refractivity contribution >= 4 is 0 Å². The van der Waals surface area contributed by atoms with E-state index in [2.05, 4.69) is 93.8 Å². The molecule has 0 bridgehead atoms. The predicted octanol–water partition coefficient (Wildman–Crippen LogP) is 9.76. The van der Waals surface area contributed by atoms with E-state index in [1.54, 1.807) is 0 Å². The summed E-state index contributed by atoms with van der Waals surface area (Å²) in [5, 5.41) is 0. The molecule has 1 saturated carbocycles. The number of nitrogens with zero attached hydrogens (tertiary/aromatic N) is 2. The normalized spacial score (nSPS) is 18.8. The van der Waals surface area contributed by atoms with Gasteiger partial charge in [0.05, 0.1) is 0 Å². The molecule has 0 aliphatic heterocycles. The summed E-state index contributed by atoms with van der Waals surface area (Å²) < 4.78 is 0. The number of aryl methyl sites for hydroxylation is 1. The van der Waals surface area contributed by atoms with Crippen molar-refractivity contribution in [3.8, 4) is 0 Å². The number of benzene rings is 2. The second kappa shape index (κ2) is 14.5. The van der Waals surface area contributed by atoms with Gasteiger partial charge in [-0.15, -0.1) is 0 Å². The SMILES string of the molecule is CCCCCC1CCC(CCc2cnc(C(CC(C)C)C(c3ccccc3)c3ccccc3)nc2)CC1. The summed E-state index contributed by atoms with van der Waals surface area (Å²) in [7, 11) is 0. The van der Waals surface area contributed by atoms with Crippen LogP contribution in [0.25, 0.3) is 0 Å². The Morgan fingerprint density at radius 3 is 1.78 bits per heavy atom. The van der Waals surface area contributed by atoms with Crippen LogP contribution in [0.2, 0.25) is 0 Å². The number of unbranched alkanes of at least 4 members (excludes halogenated alkanes) is 2. The van der Waals surface area contributed by atoms with E-state index in [1.165, 1.54) is 74.5 Å². The van der Waals surface area contributed by atoms with Crippen LogP contribution in [0.15, 0.2) is 73.1 Å². The van der Waals surface area contributed by atoms with Gasteiger partial charge in [-0.1, -0.05) is 133 Å². The second-order valence-electron chi connectivity index (χ2n) is 11.9. The fraction of sp³-hybridized carbons (Fsp3) is 0.543. The molecule has 2 aromatic carbocycles. The Morgan fingerprint density at radius 2 is 1.27 bits per heavy atom. The lowest BCUT2D eigenvalue weighted by Crippen LogP contribution is -2.18. The van der Waals surface area contributed by atoms with Crippen molar-refractivity contribution < 1.29 is 0 Å². The standard InChI is InChI=1S/C35H48N2/c1-4-5-8-13-28-18-20-29(21-19-28)22-23-30-25-36-35(37-26-30)33(24-27(2)3)34(31-14-9-6-10-15-31)32-16-11-7-12-17-32/h6-7,9-12,14-17,25-29,33-34H,4-5,8,13,18-24H2,1-3H3. The van der Waals surface area contributed by atoms with Gasteiger partial charge in [0.1, 0.15) is 5.82 Å². The Hall–Kier alpha value is -2.48. The third kappa shape index (κ3) is 8.25.